The van der Waals surface area contributed by atoms with E-state index in [1.165, 1.54) is 6.42 Å². The first-order chi connectivity index (χ1) is 13.7. The van der Waals surface area contributed by atoms with Crippen molar-refractivity contribution < 1.29 is 0 Å². The van der Waals surface area contributed by atoms with Gasteiger partial charge in [0, 0.05) is 30.7 Å². The number of nitrogens with zero attached hydrogens (tertiary/aromatic N) is 5. The summed E-state index contributed by atoms with van der Waals surface area (Å²) in [6, 6.07) is 5.78. The molecule has 3 aromatic rings. The minimum Gasteiger partial charge on any atom is -0.394 e. The second-order valence-electron chi connectivity index (χ2n) is 7.55. The summed E-state index contributed by atoms with van der Waals surface area (Å²) in [4.78, 5) is 28.5. The van der Waals surface area contributed by atoms with Crippen LogP contribution < -0.4 is 21.5 Å². The van der Waals surface area contributed by atoms with Crippen LogP contribution in [0.1, 0.15) is 38.1 Å². The van der Waals surface area contributed by atoms with Crippen LogP contribution in [-0.4, -0.2) is 32.6 Å². The van der Waals surface area contributed by atoms with Crippen LogP contribution >= 0.6 is 0 Å². The fraction of sp³-hybridized carbons (Fsp3) is 0.400. The molecule has 0 amide bonds. The van der Waals surface area contributed by atoms with Crippen molar-refractivity contribution in [1.29, 1.82) is 0 Å². The summed E-state index contributed by atoms with van der Waals surface area (Å²) in [5, 5.41) is 3.93. The first kappa shape index (κ1) is 17.0. The highest BCUT2D eigenvalue weighted by Crippen LogP contribution is 2.31. The van der Waals surface area contributed by atoms with Gasteiger partial charge in [-0.1, -0.05) is 12.8 Å². The molecule has 4 heterocycles. The van der Waals surface area contributed by atoms with Gasteiger partial charge in [0.25, 0.3) is 5.56 Å². The Morgan fingerprint density at radius 2 is 1.89 bits per heavy atom. The van der Waals surface area contributed by atoms with E-state index in [4.69, 9.17) is 5.73 Å². The Labute approximate surface area is 162 Å². The molecule has 0 aromatic carbocycles. The highest BCUT2D eigenvalue weighted by Gasteiger charge is 2.22. The number of anilines is 4. The number of nitrogens with one attached hydrogen (secondary N) is 1. The van der Waals surface area contributed by atoms with Gasteiger partial charge in [0.05, 0.1) is 17.6 Å². The number of hydrogen-bond acceptors (Lipinski definition) is 7. The lowest BCUT2D eigenvalue weighted by molar-refractivity contribution is 0.517. The maximum absolute atomic E-state index is 12.7. The maximum Gasteiger partial charge on any atom is 0.275 e. The molecule has 144 valence electrons. The van der Waals surface area contributed by atoms with Gasteiger partial charge >= 0.3 is 0 Å². The molecule has 0 spiro atoms. The van der Waals surface area contributed by atoms with Crippen molar-refractivity contribution in [3.63, 3.8) is 0 Å². The fourth-order valence-corrected chi connectivity index (χ4v) is 4.04. The van der Waals surface area contributed by atoms with Crippen molar-refractivity contribution in [3.8, 4) is 0 Å². The van der Waals surface area contributed by atoms with E-state index in [9.17, 15) is 4.79 Å². The topological polar surface area (TPSA) is 102 Å². The van der Waals surface area contributed by atoms with E-state index in [1.54, 1.807) is 16.8 Å². The average Bonchev–Trinajstić information content (AvgIpc) is 3.17. The Hall–Kier alpha value is -3.16. The standard InChI is InChI=1S/C20H23N7O/c21-16-10-13-11-23-20(24-17-7-6-15(12-22-17)26-8-3-9-26)25-18(13)27(19(16)28)14-4-1-2-5-14/h6-7,10-12,14H,1-5,8-9,21H2,(H,22,23,24,25). The van der Waals surface area contributed by atoms with Gasteiger partial charge in [-0.25, -0.2) is 9.97 Å². The molecule has 0 bridgehead atoms. The van der Waals surface area contributed by atoms with E-state index >= 15 is 0 Å². The largest absolute Gasteiger partial charge is 0.394 e. The monoisotopic (exact) mass is 377 g/mol. The molecule has 1 aliphatic carbocycles. The molecule has 28 heavy (non-hydrogen) atoms. The van der Waals surface area contributed by atoms with Gasteiger partial charge in [0.2, 0.25) is 5.95 Å². The average molecular weight is 377 g/mol. The van der Waals surface area contributed by atoms with Crippen LogP contribution in [0.4, 0.5) is 23.1 Å². The van der Waals surface area contributed by atoms with Gasteiger partial charge < -0.3 is 16.0 Å². The zero-order valence-corrected chi connectivity index (χ0v) is 15.6. The van der Waals surface area contributed by atoms with E-state index in [2.05, 4.69) is 25.2 Å². The number of rotatable bonds is 4. The molecule has 0 radical (unpaired) electrons. The molecule has 0 unspecified atom stereocenters. The number of pyridine rings is 2. The zero-order chi connectivity index (χ0) is 19.1. The van der Waals surface area contributed by atoms with Crippen molar-refractivity contribution in [2.75, 3.05) is 29.0 Å². The lowest BCUT2D eigenvalue weighted by atomic mass is 10.2. The molecule has 1 aliphatic heterocycles. The second kappa shape index (κ2) is 6.78. The summed E-state index contributed by atoms with van der Waals surface area (Å²) < 4.78 is 1.75. The van der Waals surface area contributed by atoms with Crippen molar-refractivity contribution >= 4 is 34.2 Å². The molecular weight excluding hydrogens is 354 g/mol. The van der Waals surface area contributed by atoms with Crippen LogP contribution in [0.15, 0.2) is 35.4 Å². The predicted molar refractivity (Wildman–Crippen MR) is 110 cm³/mol. The third kappa shape index (κ3) is 2.94. The second-order valence-corrected chi connectivity index (χ2v) is 7.55. The molecule has 3 N–H and O–H groups in total. The predicted octanol–water partition coefficient (Wildman–Crippen LogP) is 2.84. The van der Waals surface area contributed by atoms with Gasteiger partial charge in [0.15, 0.2) is 0 Å². The molecule has 2 fully saturated rings. The Morgan fingerprint density at radius 1 is 1.07 bits per heavy atom. The van der Waals surface area contributed by atoms with Gasteiger partial charge in [-0.3, -0.25) is 9.36 Å². The number of nitrogens with two attached hydrogens (primary N) is 1. The maximum atomic E-state index is 12.7. The van der Waals surface area contributed by atoms with Gasteiger partial charge in [-0.15, -0.1) is 0 Å². The van der Waals surface area contributed by atoms with E-state index in [0.717, 1.165) is 49.8 Å². The molecule has 1 saturated carbocycles. The molecule has 2 aliphatic rings. The summed E-state index contributed by atoms with van der Waals surface area (Å²) in [6.07, 6.45) is 9.00. The van der Waals surface area contributed by atoms with Crippen LogP contribution in [0.2, 0.25) is 0 Å². The van der Waals surface area contributed by atoms with Crippen molar-refractivity contribution in [3.05, 3.63) is 40.9 Å². The molecule has 8 heteroatoms. The molecule has 3 aromatic heterocycles. The normalized spacial score (nSPS) is 17.1. The number of hydrogen-bond donors (Lipinski definition) is 2. The Bertz CT molecular complexity index is 1070. The summed E-state index contributed by atoms with van der Waals surface area (Å²) in [5.74, 6) is 1.10. The van der Waals surface area contributed by atoms with Crippen molar-refractivity contribution in [2.45, 2.75) is 38.1 Å². The molecule has 8 nitrogen and oxygen atoms in total. The zero-order valence-electron chi connectivity index (χ0n) is 15.6. The first-order valence-corrected chi connectivity index (χ1v) is 9.85. The summed E-state index contributed by atoms with van der Waals surface area (Å²) in [7, 11) is 0. The Kier molecular flexibility index (Phi) is 4.11. The summed E-state index contributed by atoms with van der Waals surface area (Å²) >= 11 is 0. The minimum absolute atomic E-state index is 0.148. The smallest absolute Gasteiger partial charge is 0.275 e. The minimum atomic E-state index is -0.166. The van der Waals surface area contributed by atoms with Crippen LogP contribution in [0.5, 0.6) is 0 Å². The van der Waals surface area contributed by atoms with Crippen LogP contribution in [-0.2, 0) is 0 Å². The van der Waals surface area contributed by atoms with Gasteiger partial charge in [-0.05, 0) is 37.5 Å². The Balaban J connectivity index is 1.49. The lowest BCUT2D eigenvalue weighted by Crippen LogP contribution is -2.36. The van der Waals surface area contributed by atoms with Crippen LogP contribution in [0, 0.1) is 0 Å². The molecule has 5 rings (SSSR count). The lowest BCUT2D eigenvalue weighted by Gasteiger charge is -2.32. The highest BCUT2D eigenvalue weighted by atomic mass is 16.1. The van der Waals surface area contributed by atoms with E-state index in [1.807, 2.05) is 18.3 Å². The first-order valence-electron chi connectivity index (χ1n) is 9.85. The van der Waals surface area contributed by atoms with E-state index in [-0.39, 0.29) is 17.3 Å². The number of fused-ring (bicyclic) bond motifs is 1. The van der Waals surface area contributed by atoms with Gasteiger partial charge in [0.1, 0.15) is 11.5 Å². The van der Waals surface area contributed by atoms with Gasteiger partial charge in [-0.2, -0.15) is 4.98 Å². The molecular formula is C20H23N7O. The third-order valence-electron chi connectivity index (χ3n) is 5.70. The van der Waals surface area contributed by atoms with Crippen molar-refractivity contribution in [1.82, 2.24) is 19.5 Å². The van der Waals surface area contributed by atoms with Crippen molar-refractivity contribution in [2.24, 2.45) is 0 Å². The van der Waals surface area contributed by atoms with Crippen LogP contribution in [0.25, 0.3) is 11.0 Å². The number of aromatic nitrogens is 4. The van der Waals surface area contributed by atoms with E-state index < -0.39 is 0 Å². The SMILES string of the molecule is Nc1cc2cnc(Nc3ccc(N4CCC4)cn3)nc2n(C2CCCC2)c1=O. The summed E-state index contributed by atoms with van der Waals surface area (Å²) in [6.45, 7) is 2.17. The summed E-state index contributed by atoms with van der Waals surface area (Å²) in [5.41, 5.74) is 7.78. The molecule has 0 atom stereocenters. The highest BCUT2D eigenvalue weighted by molar-refractivity contribution is 5.79. The number of nitrogen functional groups attached to an aromatic ring is 1. The van der Waals surface area contributed by atoms with Crippen LogP contribution in [0.3, 0.4) is 0 Å². The Morgan fingerprint density at radius 3 is 2.57 bits per heavy atom. The quantitative estimate of drug-likeness (QED) is 0.721. The molecule has 1 saturated heterocycles. The van der Waals surface area contributed by atoms with E-state index in [0.29, 0.717) is 17.4 Å². The third-order valence-corrected chi connectivity index (χ3v) is 5.70. The fourth-order valence-electron chi connectivity index (χ4n) is 4.04.